The molecule has 2 nitrogen and oxygen atoms in total. The molecular formula is C17H23FN2. The van der Waals surface area contributed by atoms with E-state index in [1.165, 1.54) is 11.6 Å². The summed E-state index contributed by atoms with van der Waals surface area (Å²) in [7, 11) is 0. The second kappa shape index (κ2) is 7.25. The molecule has 0 aliphatic rings. The molecule has 1 N–H and O–H groups in total. The zero-order valence-electron chi connectivity index (χ0n) is 12.3. The van der Waals surface area contributed by atoms with Gasteiger partial charge in [-0.15, -0.1) is 0 Å². The van der Waals surface area contributed by atoms with Crippen LogP contribution in [0.2, 0.25) is 0 Å². The zero-order valence-corrected chi connectivity index (χ0v) is 12.3. The molecule has 0 aliphatic heterocycles. The molecule has 0 saturated heterocycles. The summed E-state index contributed by atoms with van der Waals surface area (Å²) in [6, 6.07) is 9.47. The fourth-order valence-electron chi connectivity index (χ4n) is 2.51. The fraction of sp³-hybridized carbons (Fsp3) is 0.412. The fourth-order valence-corrected chi connectivity index (χ4v) is 2.51. The van der Waals surface area contributed by atoms with Crippen LogP contribution in [0.1, 0.15) is 43.9 Å². The predicted octanol–water partition coefficient (Wildman–Crippen LogP) is 4.13. The Bertz CT molecular complexity index is 527. The van der Waals surface area contributed by atoms with Crippen LogP contribution >= 0.6 is 0 Å². The maximum absolute atomic E-state index is 13.7. The molecule has 1 aromatic heterocycles. The third-order valence-corrected chi connectivity index (χ3v) is 3.51. The lowest BCUT2D eigenvalue weighted by atomic mass is 10.1. The Hall–Kier alpha value is -1.61. The van der Waals surface area contributed by atoms with Gasteiger partial charge in [-0.3, -0.25) is 0 Å². The average molecular weight is 274 g/mol. The van der Waals surface area contributed by atoms with Crippen LogP contribution in [-0.4, -0.2) is 11.1 Å². The monoisotopic (exact) mass is 274 g/mol. The predicted molar refractivity (Wildman–Crippen MR) is 81.3 cm³/mol. The standard InChI is InChI=1S/C17H23FN2/c1-3-7-17(19-4-2)15-10-11-20(13-15)12-14-8-5-6-9-16(14)18/h5-6,8-11,13,17,19H,3-4,7,12H2,1-2H3. The van der Waals surface area contributed by atoms with E-state index >= 15 is 0 Å². The van der Waals surface area contributed by atoms with Gasteiger partial charge in [0.15, 0.2) is 0 Å². The Kier molecular flexibility index (Phi) is 5.36. The molecule has 20 heavy (non-hydrogen) atoms. The van der Waals surface area contributed by atoms with Crippen LogP contribution in [0.4, 0.5) is 4.39 Å². The van der Waals surface area contributed by atoms with Crippen LogP contribution in [0.3, 0.4) is 0 Å². The summed E-state index contributed by atoms with van der Waals surface area (Å²) in [6.07, 6.45) is 6.42. The number of rotatable bonds is 7. The summed E-state index contributed by atoms with van der Waals surface area (Å²) in [6.45, 7) is 5.86. The molecule has 1 aromatic carbocycles. The van der Waals surface area contributed by atoms with Gasteiger partial charge in [0, 0.05) is 30.5 Å². The normalized spacial score (nSPS) is 12.6. The van der Waals surface area contributed by atoms with Crippen LogP contribution in [0.5, 0.6) is 0 Å². The summed E-state index contributed by atoms with van der Waals surface area (Å²) in [5.41, 5.74) is 2.01. The summed E-state index contributed by atoms with van der Waals surface area (Å²) >= 11 is 0. The highest BCUT2D eigenvalue weighted by Gasteiger charge is 2.11. The number of nitrogens with zero attached hydrogens (tertiary/aromatic N) is 1. The highest BCUT2D eigenvalue weighted by Crippen LogP contribution is 2.19. The lowest BCUT2D eigenvalue weighted by Gasteiger charge is -2.15. The van der Waals surface area contributed by atoms with E-state index in [2.05, 4.69) is 31.4 Å². The van der Waals surface area contributed by atoms with Crippen LogP contribution in [0.15, 0.2) is 42.7 Å². The van der Waals surface area contributed by atoms with Gasteiger partial charge in [-0.05, 0) is 30.7 Å². The zero-order chi connectivity index (χ0) is 14.4. The second-order valence-electron chi connectivity index (χ2n) is 5.11. The quantitative estimate of drug-likeness (QED) is 0.803. The van der Waals surface area contributed by atoms with Crippen molar-refractivity contribution < 1.29 is 4.39 Å². The summed E-state index contributed by atoms with van der Waals surface area (Å²) < 4.78 is 15.7. The molecule has 0 bridgehead atoms. The van der Waals surface area contributed by atoms with Crippen molar-refractivity contribution in [2.75, 3.05) is 6.54 Å². The average Bonchev–Trinajstić information content (AvgIpc) is 2.90. The van der Waals surface area contributed by atoms with Crippen molar-refractivity contribution in [1.29, 1.82) is 0 Å². The number of halogens is 1. The Balaban J connectivity index is 2.10. The largest absolute Gasteiger partial charge is 0.349 e. The van der Waals surface area contributed by atoms with Crippen LogP contribution in [0.25, 0.3) is 0 Å². The number of benzene rings is 1. The van der Waals surface area contributed by atoms with Crippen molar-refractivity contribution in [3.8, 4) is 0 Å². The van der Waals surface area contributed by atoms with E-state index in [1.54, 1.807) is 6.07 Å². The van der Waals surface area contributed by atoms with Crippen LogP contribution in [-0.2, 0) is 6.54 Å². The minimum atomic E-state index is -0.139. The van der Waals surface area contributed by atoms with Crippen molar-refractivity contribution in [2.24, 2.45) is 0 Å². The van der Waals surface area contributed by atoms with Gasteiger partial charge in [0.05, 0.1) is 0 Å². The van der Waals surface area contributed by atoms with Gasteiger partial charge in [-0.2, -0.15) is 0 Å². The van der Waals surface area contributed by atoms with Crippen molar-refractivity contribution in [3.63, 3.8) is 0 Å². The van der Waals surface area contributed by atoms with Gasteiger partial charge in [0.2, 0.25) is 0 Å². The molecule has 0 spiro atoms. The summed E-state index contributed by atoms with van der Waals surface area (Å²) in [5, 5.41) is 3.50. The number of aromatic nitrogens is 1. The minimum Gasteiger partial charge on any atom is -0.349 e. The molecule has 3 heteroatoms. The second-order valence-corrected chi connectivity index (χ2v) is 5.11. The molecule has 0 amide bonds. The highest BCUT2D eigenvalue weighted by molar-refractivity contribution is 5.20. The van der Waals surface area contributed by atoms with Crippen LogP contribution < -0.4 is 5.32 Å². The first-order valence-electron chi connectivity index (χ1n) is 7.37. The van der Waals surface area contributed by atoms with Gasteiger partial charge in [-0.1, -0.05) is 38.5 Å². The molecular weight excluding hydrogens is 251 g/mol. The molecule has 2 rings (SSSR count). The first kappa shape index (κ1) is 14.8. The van der Waals surface area contributed by atoms with Crippen LogP contribution in [0, 0.1) is 5.82 Å². The van der Waals surface area contributed by atoms with Gasteiger partial charge in [0.1, 0.15) is 5.82 Å². The van der Waals surface area contributed by atoms with E-state index in [4.69, 9.17) is 0 Å². The SMILES string of the molecule is CCCC(NCC)c1ccn(Cc2ccccc2F)c1. The molecule has 0 fully saturated rings. The van der Waals surface area contributed by atoms with Gasteiger partial charge in [-0.25, -0.2) is 4.39 Å². The van der Waals surface area contributed by atoms with E-state index in [0.717, 1.165) is 24.9 Å². The molecule has 1 unspecified atom stereocenters. The maximum Gasteiger partial charge on any atom is 0.128 e. The number of hydrogen-bond acceptors (Lipinski definition) is 1. The number of hydrogen-bond donors (Lipinski definition) is 1. The van der Waals surface area contributed by atoms with E-state index in [0.29, 0.717) is 12.6 Å². The molecule has 1 heterocycles. The molecule has 108 valence electrons. The number of nitrogens with one attached hydrogen (secondary N) is 1. The van der Waals surface area contributed by atoms with Crippen molar-refractivity contribution in [3.05, 3.63) is 59.7 Å². The van der Waals surface area contributed by atoms with Crippen molar-refractivity contribution >= 4 is 0 Å². The minimum absolute atomic E-state index is 0.139. The molecule has 2 aromatic rings. The molecule has 0 saturated carbocycles. The summed E-state index contributed by atoms with van der Waals surface area (Å²) in [4.78, 5) is 0. The molecule has 0 aliphatic carbocycles. The van der Waals surface area contributed by atoms with E-state index in [1.807, 2.05) is 22.9 Å². The topological polar surface area (TPSA) is 17.0 Å². The first-order chi connectivity index (χ1) is 9.74. The smallest absolute Gasteiger partial charge is 0.128 e. The first-order valence-corrected chi connectivity index (χ1v) is 7.37. The lowest BCUT2D eigenvalue weighted by Crippen LogP contribution is -2.20. The third-order valence-electron chi connectivity index (χ3n) is 3.51. The van der Waals surface area contributed by atoms with Gasteiger partial charge >= 0.3 is 0 Å². The summed E-state index contributed by atoms with van der Waals surface area (Å²) in [5.74, 6) is -0.139. The Morgan fingerprint density at radius 3 is 2.70 bits per heavy atom. The van der Waals surface area contributed by atoms with E-state index in [-0.39, 0.29) is 5.82 Å². The van der Waals surface area contributed by atoms with Crippen molar-refractivity contribution in [1.82, 2.24) is 9.88 Å². The lowest BCUT2D eigenvalue weighted by molar-refractivity contribution is 0.508. The Morgan fingerprint density at radius 2 is 2.00 bits per heavy atom. The Labute approximate surface area is 120 Å². The molecule has 0 radical (unpaired) electrons. The third kappa shape index (κ3) is 3.70. The van der Waals surface area contributed by atoms with Gasteiger partial charge < -0.3 is 9.88 Å². The maximum atomic E-state index is 13.7. The van der Waals surface area contributed by atoms with E-state index in [9.17, 15) is 4.39 Å². The van der Waals surface area contributed by atoms with Crippen molar-refractivity contribution in [2.45, 2.75) is 39.3 Å². The van der Waals surface area contributed by atoms with Gasteiger partial charge in [0.25, 0.3) is 0 Å². The highest BCUT2D eigenvalue weighted by atomic mass is 19.1. The Morgan fingerprint density at radius 1 is 1.20 bits per heavy atom. The van der Waals surface area contributed by atoms with E-state index < -0.39 is 0 Å². The molecule has 1 atom stereocenters.